The first-order valence-electron chi connectivity index (χ1n) is 9.79. The highest BCUT2D eigenvalue weighted by molar-refractivity contribution is 7.21. The van der Waals surface area contributed by atoms with E-state index in [4.69, 9.17) is 9.47 Å². The molecule has 0 N–H and O–H groups in total. The number of hydrogen-bond donors (Lipinski definition) is 0. The van der Waals surface area contributed by atoms with Crippen LogP contribution < -0.4 is 0 Å². The van der Waals surface area contributed by atoms with Crippen molar-refractivity contribution < 1.29 is 19.1 Å². The zero-order valence-electron chi connectivity index (χ0n) is 17.6. The van der Waals surface area contributed by atoms with Crippen molar-refractivity contribution in [2.45, 2.75) is 52.6 Å². The predicted octanol–water partition coefficient (Wildman–Crippen LogP) is 5.54. The molecule has 0 saturated heterocycles. The Kier molecular flexibility index (Phi) is 6.22. The number of methoxy groups -OCH3 is 1. The van der Waals surface area contributed by atoms with E-state index in [1.165, 1.54) is 18.4 Å². The monoisotopic (exact) mass is 413 g/mol. The van der Waals surface area contributed by atoms with Crippen LogP contribution in [-0.2, 0) is 20.7 Å². The first-order chi connectivity index (χ1) is 13.7. The third-order valence-electron chi connectivity index (χ3n) is 4.73. The van der Waals surface area contributed by atoms with Crippen LogP contribution in [0.25, 0.3) is 21.0 Å². The van der Waals surface area contributed by atoms with Gasteiger partial charge < -0.3 is 9.47 Å². The Morgan fingerprint density at radius 2 is 1.97 bits per heavy atom. The molecule has 2 aromatic heterocycles. The van der Waals surface area contributed by atoms with E-state index in [0.29, 0.717) is 17.7 Å². The lowest BCUT2D eigenvalue weighted by Gasteiger charge is -2.21. The number of aryl methyl sites for hydroxylation is 1. The maximum atomic E-state index is 12.4. The van der Waals surface area contributed by atoms with Crippen LogP contribution in [0.3, 0.4) is 0 Å². The fraction of sp³-hybridized carbons (Fsp3) is 0.435. The smallest absolute Gasteiger partial charge is 0.348 e. The van der Waals surface area contributed by atoms with Gasteiger partial charge in [0.1, 0.15) is 10.5 Å². The van der Waals surface area contributed by atoms with Gasteiger partial charge in [-0.25, -0.2) is 4.79 Å². The maximum Gasteiger partial charge on any atom is 0.348 e. The van der Waals surface area contributed by atoms with Gasteiger partial charge in [0.2, 0.25) is 0 Å². The lowest BCUT2D eigenvalue weighted by atomic mass is 9.95. The number of thiophene rings is 1. The summed E-state index contributed by atoms with van der Waals surface area (Å²) in [6.07, 6.45) is 3.58. The van der Waals surface area contributed by atoms with E-state index in [-0.39, 0.29) is 17.9 Å². The number of pyridine rings is 1. The first-order valence-corrected chi connectivity index (χ1v) is 10.6. The Morgan fingerprint density at radius 1 is 1.21 bits per heavy atom. The molecular formula is C23H27NO4S. The molecule has 3 rings (SSSR count). The average molecular weight is 414 g/mol. The highest BCUT2D eigenvalue weighted by Gasteiger charge is 2.23. The SMILES string of the molecule is COC(=O)c1sc2ccc3ncccc3c2c1CC[C@H](C)CC(=O)OC(C)(C)C. The van der Waals surface area contributed by atoms with E-state index in [0.717, 1.165) is 33.0 Å². The zero-order valence-corrected chi connectivity index (χ0v) is 18.4. The molecule has 0 radical (unpaired) electrons. The van der Waals surface area contributed by atoms with Crippen LogP contribution >= 0.6 is 11.3 Å². The summed E-state index contributed by atoms with van der Waals surface area (Å²) in [6.45, 7) is 7.65. The van der Waals surface area contributed by atoms with Crippen molar-refractivity contribution in [2.24, 2.45) is 5.92 Å². The number of benzene rings is 1. The minimum atomic E-state index is -0.482. The molecule has 0 bridgehead atoms. The Hall–Kier alpha value is -2.47. The van der Waals surface area contributed by atoms with Crippen molar-refractivity contribution in [3.8, 4) is 0 Å². The van der Waals surface area contributed by atoms with Gasteiger partial charge in [-0.05, 0) is 63.3 Å². The van der Waals surface area contributed by atoms with Crippen molar-refractivity contribution in [3.05, 3.63) is 40.9 Å². The van der Waals surface area contributed by atoms with Gasteiger partial charge in [0.05, 0.1) is 12.6 Å². The van der Waals surface area contributed by atoms with E-state index < -0.39 is 5.60 Å². The number of fused-ring (bicyclic) bond motifs is 3. The second-order valence-corrected chi connectivity index (χ2v) is 9.40. The summed E-state index contributed by atoms with van der Waals surface area (Å²) in [7, 11) is 1.40. The van der Waals surface area contributed by atoms with Gasteiger partial charge in [-0.3, -0.25) is 9.78 Å². The third-order valence-corrected chi connectivity index (χ3v) is 5.91. The van der Waals surface area contributed by atoms with E-state index in [9.17, 15) is 9.59 Å². The normalized spacial score (nSPS) is 12.9. The molecule has 0 saturated carbocycles. The molecule has 1 aromatic carbocycles. The quantitative estimate of drug-likeness (QED) is 0.497. The number of rotatable bonds is 6. The van der Waals surface area contributed by atoms with Crippen molar-refractivity contribution in [3.63, 3.8) is 0 Å². The number of aromatic nitrogens is 1. The average Bonchev–Trinajstić information content (AvgIpc) is 3.03. The molecule has 3 aromatic rings. The fourth-order valence-electron chi connectivity index (χ4n) is 3.47. The standard InChI is InChI=1S/C23H27NO4S/c1-14(13-19(25)28-23(2,3)4)8-9-16-20-15-7-6-12-24-17(15)10-11-18(20)29-21(16)22(26)27-5/h6-7,10-12,14H,8-9,13H2,1-5H3/t14-/m0/s1. The summed E-state index contributed by atoms with van der Waals surface area (Å²) >= 11 is 1.45. The van der Waals surface area contributed by atoms with Crippen molar-refractivity contribution >= 4 is 44.3 Å². The second kappa shape index (κ2) is 8.49. The Bertz CT molecular complexity index is 1050. The Labute approximate surface area is 175 Å². The predicted molar refractivity (Wildman–Crippen MR) is 116 cm³/mol. The lowest BCUT2D eigenvalue weighted by Crippen LogP contribution is -2.25. The minimum Gasteiger partial charge on any atom is -0.465 e. The van der Waals surface area contributed by atoms with Gasteiger partial charge in [-0.15, -0.1) is 11.3 Å². The fourth-order valence-corrected chi connectivity index (χ4v) is 4.66. The van der Waals surface area contributed by atoms with E-state index in [2.05, 4.69) is 4.98 Å². The molecule has 6 heteroatoms. The summed E-state index contributed by atoms with van der Waals surface area (Å²) in [4.78, 5) is 29.6. The molecule has 154 valence electrons. The molecule has 0 amide bonds. The highest BCUT2D eigenvalue weighted by atomic mass is 32.1. The molecule has 5 nitrogen and oxygen atoms in total. The molecule has 0 fully saturated rings. The van der Waals surface area contributed by atoms with Crippen LogP contribution in [0.15, 0.2) is 30.5 Å². The maximum absolute atomic E-state index is 12.4. The van der Waals surface area contributed by atoms with Gasteiger partial charge in [0.15, 0.2) is 0 Å². The number of esters is 2. The topological polar surface area (TPSA) is 65.5 Å². The van der Waals surface area contributed by atoms with Crippen molar-refractivity contribution in [2.75, 3.05) is 7.11 Å². The third kappa shape index (κ3) is 4.93. The summed E-state index contributed by atoms with van der Waals surface area (Å²) in [6, 6.07) is 7.93. The number of ether oxygens (including phenoxy) is 2. The van der Waals surface area contributed by atoms with Crippen LogP contribution in [0.4, 0.5) is 0 Å². The number of nitrogens with zero attached hydrogens (tertiary/aromatic N) is 1. The summed E-state index contributed by atoms with van der Waals surface area (Å²) in [5, 5.41) is 2.09. The van der Waals surface area contributed by atoms with Gasteiger partial charge in [0.25, 0.3) is 0 Å². The van der Waals surface area contributed by atoms with Gasteiger partial charge in [0, 0.05) is 28.1 Å². The summed E-state index contributed by atoms with van der Waals surface area (Å²) in [5.74, 6) is -0.376. The molecular weight excluding hydrogens is 386 g/mol. The molecule has 29 heavy (non-hydrogen) atoms. The second-order valence-electron chi connectivity index (χ2n) is 8.34. The summed E-state index contributed by atoms with van der Waals surface area (Å²) in [5.41, 5.74) is 1.40. The van der Waals surface area contributed by atoms with E-state index in [1.807, 2.05) is 52.0 Å². The molecule has 0 unspecified atom stereocenters. The van der Waals surface area contributed by atoms with Crippen LogP contribution in [0.5, 0.6) is 0 Å². The molecule has 2 heterocycles. The van der Waals surface area contributed by atoms with Gasteiger partial charge in [-0.1, -0.05) is 13.0 Å². The first kappa shape index (κ1) is 21.2. The number of carbonyl (C=O) groups is 2. The molecule has 1 atom stereocenters. The Morgan fingerprint density at radius 3 is 2.66 bits per heavy atom. The van der Waals surface area contributed by atoms with Crippen LogP contribution in [0.2, 0.25) is 0 Å². The van der Waals surface area contributed by atoms with Crippen molar-refractivity contribution in [1.82, 2.24) is 4.98 Å². The number of carbonyl (C=O) groups excluding carboxylic acids is 2. The summed E-state index contributed by atoms with van der Waals surface area (Å²) < 4.78 is 11.5. The lowest BCUT2D eigenvalue weighted by molar-refractivity contribution is -0.155. The molecule has 0 spiro atoms. The Balaban J connectivity index is 1.90. The van der Waals surface area contributed by atoms with Crippen molar-refractivity contribution in [1.29, 1.82) is 0 Å². The largest absolute Gasteiger partial charge is 0.465 e. The van der Waals surface area contributed by atoms with E-state index >= 15 is 0 Å². The number of hydrogen-bond acceptors (Lipinski definition) is 6. The van der Waals surface area contributed by atoms with Crippen LogP contribution in [-0.4, -0.2) is 29.6 Å². The van der Waals surface area contributed by atoms with Crippen LogP contribution in [0.1, 0.15) is 55.8 Å². The highest BCUT2D eigenvalue weighted by Crippen LogP contribution is 2.37. The van der Waals surface area contributed by atoms with Gasteiger partial charge in [-0.2, -0.15) is 0 Å². The minimum absolute atomic E-state index is 0.137. The zero-order chi connectivity index (χ0) is 21.2. The molecule has 0 aliphatic rings. The van der Waals surface area contributed by atoms with Crippen LogP contribution in [0, 0.1) is 5.92 Å². The van der Waals surface area contributed by atoms with E-state index in [1.54, 1.807) is 6.20 Å². The molecule has 0 aliphatic heterocycles. The molecule has 0 aliphatic carbocycles. The van der Waals surface area contributed by atoms with Gasteiger partial charge >= 0.3 is 11.9 Å².